The van der Waals surface area contributed by atoms with Crippen molar-refractivity contribution in [2.45, 2.75) is 0 Å². The number of carbonyl (C=O) groups excluding carboxylic acids is 2. The van der Waals surface area contributed by atoms with Crippen molar-refractivity contribution in [3.63, 3.8) is 0 Å². The van der Waals surface area contributed by atoms with Crippen molar-refractivity contribution in [2.75, 3.05) is 12.3 Å². The highest BCUT2D eigenvalue weighted by Gasteiger charge is 2.13. The molecule has 0 radical (unpaired) electrons. The van der Waals surface area contributed by atoms with Crippen molar-refractivity contribution < 1.29 is 14.4 Å². The number of oxime groups is 1. The molecule has 1 aliphatic heterocycles. The van der Waals surface area contributed by atoms with Gasteiger partial charge in [-0.05, 0) is 0 Å². The predicted molar refractivity (Wildman–Crippen MR) is 43.6 cm³/mol. The molecule has 6 nitrogen and oxygen atoms in total. The number of nitrogens with zero attached hydrogens (tertiary/aromatic N) is 1. The SMILES string of the molecule is NC(=O)ON=C1CNC(=O)CS1. The van der Waals surface area contributed by atoms with Crippen molar-refractivity contribution in [1.29, 1.82) is 0 Å². The maximum Gasteiger partial charge on any atom is 0.430 e. The molecule has 1 heterocycles. The molecule has 2 amide bonds. The van der Waals surface area contributed by atoms with Gasteiger partial charge in [-0.1, -0.05) is 16.9 Å². The van der Waals surface area contributed by atoms with Crippen LogP contribution >= 0.6 is 11.8 Å². The quantitative estimate of drug-likeness (QED) is 0.419. The Morgan fingerprint density at radius 2 is 2.50 bits per heavy atom. The summed E-state index contributed by atoms with van der Waals surface area (Å²) in [6.07, 6.45) is -0.958. The third-order valence-electron chi connectivity index (χ3n) is 1.04. The zero-order valence-electron chi connectivity index (χ0n) is 6.07. The highest BCUT2D eigenvalue weighted by molar-refractivity contribution is 8.14. The molecule has 0 aromatic heterocycles. The van der Waals surface area contributed by atoms with E-state index in [1.54, 1.807) is 0 Å². The van der Waals surface area contributed by atoms with Crippen LogP contribution in [0.25, 0.3) is 0 Å². The number of carbonyl (C=O) groups is 2. The monoisotopic (exact) mass is 189 g/mol. The summed E-state index contributed by atoms with van der Waals surface area (Å²) in [4.78, 5) is 24.9. The largest absolute Gasteiger partial charge is 0.430 e. The van der Waals surface area contributed by atoms with E-state index in [9.17, 15) is 9.59 Å². The molecule has 66 valence electrons. The Hall–Kier alpha value is -1.24. The molecular formula is C5H7N3O3S. The number of primary amides is 1. The molecule has 1 rings (SSSR count). The standard InChI is InChI=1S/C5H7N3O3S/c6-5(10)11-8-4-1-7-3(9)2-12-4/h1-2H2,(H2,6,10)(H,7,9). The number of rotatable bonds is 1. The topological polar surface area (TPSA) is 93.8 Å². The smallest absolute Gasteiger partial charge is 0.349 e. The Morgan fingerprint density at radius 1 is 1.75 bits per heavy atom. The molecule has 1 saturated heterocycles. The van der Waals surface area contributed by atoms with Crippen LogP contribution in [-0.2, 0) is 9.63 Å². The summed E-state index contributed by atoms with van der Waals surface area (Å²) < 4.78 is 0. The number of amides is 2. The van der Waals surface area contributed by atoms with Crippen LogP contribution in [0.3, 0.4) is 0 Å². The molecule has 0 spiro atoms. The lowest BCUT2D eigenvalue weighted by Crippen LogP contribution is -2.35. The van der Waals surface area contributed by atoms with Crippen LogP contribution in [-0.4, -0.2) is 29.3 Å². The van der Waals surface area contributed by atoms with E-state index < -0.39 is 6.09 Å². The summed E-state index contributed by atoms with van der Waals surface area (Å²) in [5, 5.41) is 6.48. The fourth-order valence-electron chi connectivity index (χ4n) is 0.580. The van der Waals surface area contributed by atoms with Crippen molar-refractivity contribution in [1.82, 2.24) is 5.32 Å². The first kappa shape index (κ1) is 8.85. The highest BCUT2D eigenvalue weighted by Crippen LogP contribution is 2.07. The Labute approximate surface area is 72.5 Å². The average molecular weight is 189 g/mol. The van der Waals surface area contributed by atoms with Gasteiger partial charge in [0.1, 0.15) is 5.04 Å². The summed E-state index contributed by atoms with van der Waals surface area (Å²) in [5.74, 6) is 0.235. The average Bonchev–Trinajstić information content (AvgIpc) is 2.03. The molecular weight excluding hydrogens is 182 g/mol. The molecule has 3 N–H and O–H groups in total. The van der Waals surface area contributed by atoms with E-state index in [4.69, 9.17) is 0 Å². The van der Waals surface area contributed by atoms with E-state index >= 15 is 0 Å². The molecule has 0 saturated carbocycles. The molecule has 0 aromatic carbocycles. The van der Waals surface area contributed by atoms with E-state index in [1.807, 2.05) is 0 Å². The number of hydrogen-bond donors (Lipinski definition) is 2. The van der Waals surface area contributed by atoms with E-state index in [-0.39, 0.29) is 12.5 Å². The van der Waals surface area contributed by atoms with Crippen LogP contribution < -0.4 is 11.1 Å². The third kappa shape index (κ3) is 2.79. The lowest BCUT2D eigenvalue weighted by molar-refractivity contribution is -0.118. The van der Waals surface area contributed by atoms with Gasteiger partial charge in [0, 0.05) is 0 Å². The van der Waals surface area contributed by atoms with E-state index in [0.717, 1.165) is 0 Å². The molecule has 0 aliphatic carbocycles. The molecule has 1 fully saturated rings. The van der Waals surface area contributed by atoms with E-state index in [1.165, 1.54) is 11.8 Å². The Bertz CT molecular complexity index is 228. The van der Waals surface area contributed by atoms with Gasteiger partial charge < -0.3 is 11.1 Å². The summed E-state index contributed by atoms with van der Waals surface area (Å²) in [7, 11) is 0. The molecule has 0 atom stereocenters. The van der Waals surface area contributed by atoms with Crippen LogP contribution in [0.5, 0.6) is 0 Å². The Morgan fingerprint density at radius 3 is 3.00 bits per heavy atom. The number of hydrogen-bond acceptors (Lipinski definition) is 5. The second kappa shape index (κ2) is 3.96. The van der Waals surface area contributed by atoms with Crippen molar-refractivity contribution in [3.05, 3.63) is 0 Å². The minimum Gasteiger partial charge on any atom is -0.349 e. The van der Waals surface area contributed by atoms with Gasteiger partial charge in [0.15, 0.2) is 0 Å². The molecule has 1 aliphatic rings. The molecule has 7 heteroatoms. The fourth-order valence-corrected chi connectivity index (χ4v) is 1.24. The van der Waals surface area contributed by atoms with Gasteiger partial charge in [-0.3, -0.25) is 9.63 Å². The van der Waals surface area contributed by atoms with E-state index in [0.29, 0.717) is 10.8 Å². The van der Waals surface area contributed by atoms with E-state index in [2.05, 4.69) is 21.0 Å². The third-order valence-corrected chi connectivity index (χ3v) is 2.00. The normalized spacial score (nSPS) is 20.3. The minimum absolute atomic E-state index is 0.0574. The van der Waals surface area contributed by atoms with Crippen LogP contribution in [0.2, 0.25) is 0 Å². The number of thioether (sulfide) groups is 1. The second-order valence-corrected chi connectivity index (χ2v) is 3.01. The lowest BCUT2D eigenvalue weighted by atomic mass is 10.6. The first-order valence-corrected chi connectivity index (χ1v) is 4.10. The van der Waals surface area contributed by atoms with Crippen molar-refractivity contribution in [3.8, 4) is 0 Å². The van der Waals surface area contributed by atoms with Gasteiger partial charge >= 0.3 is 6.09 Å². The molecule has 0 unspecified atom stereocenters. The molecule has 0 aromatic rings. The Kier molecular flexibility index (Phi) is 2.92. The first-order valence-electron chi connectivity index (χ1n) is 3.11. The summed E-state index contributed by atoms with van der Waals surface area (Å²) in [6.45, 7) is 0.288. The zero-order valence-corrected chi connectivity index (χ0v) is 6.89. The maximum absolute atomic E-state index is 10.6. The first-order chi connectivity index (χ1) is 5.68. The highest BCUT2D eigenvalue weighted by atomic mass is 32.2. The van der Waals surface area contributed by atoms with Gasteiger partial charge in [0.25, 0.3) is 0 Å². The zero-order chi connectivity index (χ0) is 8.97. The second-order valence-electron chi connectivity index (χ2n) is 1.96. The summed E-state index contributed by atoms with van der Waals surface area (Å²) >= 11 is 1.22. The number of nitrogens with two attached hydrogens (primary N) is 1. The molecule has 0 bridgehead atoms. The predicted octanol–water partition coefficient (Wildman–Crippen LogP) is -0.742. The summed E-state index contributed by atoms with van der Waals surface area (Å²) in [5.41, 5.74) is 4.67. The fraction of sp³-hybridized carbons (Fsp3) is 0.400. The van der Waals surface area contributed by atoms with Crippen LogP contribution in [0, 0.1) is 0 Å². The van der Waals surface area contributed by atoms with Crippen LogP contribution in [0.1, 0.15) is 0 Å². The van der Waals surface area contributed by atoms with Crippen LogP contribution in [0.4, 0.5) is 4.79 Å². The number of nitrogens with one attached hydrogen (secondary N) is 1. The lowest BCUT2D eigenvalue weighted by Gasteiger charge is -2.11. The van der Waals surface area contributed by atoms with Gasteiger partial charge in [-0.2, -0.15) is 0 Å². The van der Waals surface area contributed by atoms with Gasteiger partial charge in [-0.15, -0.1) is 0 Å². The van der Waals surface area contributed by atoms with Crippen molar-refractivity contribution >= 4 is 28.8 Å². The van der Waals surface area contributed by atoms with Gasteiger partial charge in [0.2, 0.25) is 5.91 Å². The van der Waals surface area contributed by atoms with Gasteiger partial charge in [0.05, 0.1) is 12.3 Å². The van der Waals surface area contributed by atoms with Crippen LogP contribution in [0.15, 0.2) is 5.16 Å². The minimum atomic E-state index is -0.958. The Balaban J connectivity index is 2.38. The van der Waals surface area contributed by atoms with Gasteiger partial charge in [-0.25, -0.2) is 4.79 Å². The maximum atomic E-state index is 10.6. The summed E-state index contributed by atoms with van der Waals surface area (Å²) in [6, 6.07) is 0. The van der Waals surface area contributed by atoms with Crippen molar-refractivity contribution in [2.24, 2.45) is 10.9 Å². The molecule has 12 heavy (non-hydrogen) atoms.